The molecular weight excluding hydrogens is 474 g/mol. The summed E-state index contributed by atoms with van der Waals surface area (Å²) in [5.74, 6) is 0.660. The van der Waals surface area contributed by atoms with E-state index in [4.69, 9.17) is 15.2 Å². The number of ether oxygens (including phenoxy) is 2. The van der Waals surface area contributed by atoms with Crippen LogP contribution in [0.5, 0.6) is 11.5 Å². The molecule has 0 atom stereocenters. The Morgan fingerprint density at radius 1 is 1.19 bits per heavy atom. The lowest BCUT2D eigenvalue weighted by molar-refractivity contribution is -0.153. The third-order valence-electron chi connectivity index (χ3n) is 4.26. The van der Waals surface area contributed by atoms with E-state index >= 15 is 0 Å². The summed E-state index contributed by atoms with van der Waals surface area (Å²) in [6.07, 6.45) is 2.70. The van der Waals surface area contributed by atoms with Crippen LogP contribution < -0.4 is 20.5 Å². The normalized spacial score (nSPS) is 16.2. The Labute approximate surface area is 174 Å². The largest absolute Gasteiger partial charge is 0.493 e. The molecule has 0 radical (unpaired) electrons. The molecule has 27 heavy (non-hydrogen) atoms. The molecule has 9 heteroatoms. The molecule has 1 fully saturated rings. The number of nitrogens with zero attached hydrogens (tertiary/aromatic N) is 1. The lowest BCUT2D eigenvalue weighted by Crippen LogP contribution is -2.39. The van der Waals surface area contributed by atoms with Crippen LogP contribution in [0.15, 0.2) is 23.2 Å². The fraction of sp³-hybridized carbons (Fsp3) is 0.611. The molecule has 0 spiro atoms. The number of alkyl halides is 3. The van der Waals surface area contributed by atoms with E-state index in [2.05, 4.69) is 10.3 Å². The predicted molar refractivity (Wildman–Crippen MR) is 110 cm³/mol. The molecule has 1 aromatic rings. The van der Waals surface area contributed by atoms with E-state index in [1.807, 2.05) is 0 Å². The van der Waals surface area contributed by atoms with E-state index in [0.29, 0.717) is 18.5 Å². The number of guanidine groups is 1. The van der Waals surface area contributed by atoms with Crippen molar-refractivity contribution in [2.75, 3.05) is 13.7 Å². The van der Waals surface area contributed by atoms with Gasteiger partial charge in [0.2, 0.25) is 0 Å². The topological polar surface area (TPSA) is 68.9 Å². The van der Waals surface area contributed by atoms with Gasteiger partial charge in [-0.3, -0.25) is 0 Å². The first-order chi connectivity index (χ1) is 12.4. The quantitative estimate of drug-likeness (QED) is 0.263. The number of hydrogen-bond donors (Lipinski definition) is 2. The molecule has 0 saturated heterocycles. The molecule has 0 amide bonds. The molecule has 5 nitrogen and oxygen atoms in total. The molecular formula is C18H27F3IN3O2. The molecule has 154 valence electrons. The summed E-state index contributed by atoms with van der Waals surface area (Å²) in [6, 6.07) is 5.06. The van der Waals surface area contributed by atoms with E-state index < -0.39 is 12.8 Å². The van der Waals surface area contributed by atoms with E-state index in [-0.39, 0.29) is 35.5 Å². The second-order valence-corrected chi connectivity index (χ2v) is 6.42. The van der Waals surface area contributed by atoms with Crippen molar-refractivity contribution in [3.05, 3.63) is 23.8 Å². The molecule has 0 aromatic heterocycles. The van der Waals surface area contributed by atoms with Crippen molar-refractivity contribution in [3.63, 3.8) is 0 Å². The van der Waals surface area contributed by atoms with Gasteiger partial charge in [0.1, 0.15) is 0 Å². The van der Waals surface area contributed by atoms with Crippen LogP contribution in [0.25, 0.3) is 0 Å². The third-order valence-corrected chi connectivity index (χ3v) is 4.26. The van der Waals surface area contributed by atoms with E-state index in [1.165, 1.54) is 38.9 Å². The minimum absolute atomic E-state index is 0. The average Bonchev–Trinajstić information content (AvgIpc) is 2.86. The SMILES string of the molecule is COc1cc(CN=C(N)NC2CCCCCC2)ccc1OCC(F)(F)F.I. The maximum absolute atomic E-state index is 12.3. The van der Waals surface area contributed by atoms with Crippen LogP contribution in [0.1, 0.15) is 44.1 Å². The van der Waals surface area contributed by atoms with Crippen molar-refractivity contribution >= 4 is 29.9 Å². The van der Waals surface area contributed by atoms with Gasteiger partial charge < -0.3 is 20.5 Å². The first-order valence-corrected chi connectivity index (χ1v) is 8.80. The van der Waals surface area contributed by atoms with Crippen LogP contribution in [0.3, 0.4) is 0 Å². The first kappa shape index (κ1) is 23.6. The van der Waals surface area contributed by atoms with E-state index in [9.17, 15) is 13.2 Å². The highest BCUT2D eigenvalue weighted by Crippen LogP contribution is 2.30. The summed E-state index contributed by atoms with van der Waals surface area (Å²) in [7, 11) is 1.38. The monoisotopic (exact) mass is 501 g/mol. The number of rotatable bonds is 6. The van der Waals surface area contributed by atoms with E-state index in [0.717, 1.165) is 18.4 Å². The van der Waals surface area contributed by atoms with Crippen molar-refractivity contribution < 1.29 is 22.6 Å². The zero-order valence-electron chi connectivity index (χ0n) is 15.3. The maximum Gasteiger partial charge on any atom is 0.422 e. The Balaban J connectivity index is 0.00000364. The fourth-order valence-electron chi connectivity index (χ4n) is 2.94. The molecule has 0 heterocycles. The number of benzene rings is 1. The Kier molecular flexibility index (Phi) is 10.0. The molecule has 3 N–H and O–H groups in total. The van der Waals surface area contributed by atoms with Crippen molar-refractivity contribution in [2.24, 2.45) is 10.7 Å². The smallest absolute Gasteiger partial charge is 0.422 e. The van der Waals surface area contributed by atoms with Crippen LogP contribution in [-0.4, -0.2) is 31.9 Å². The molecule has 1 saturated carbocycles. The summed E-state index contributed by atoms with van der Waals surface area (Å²) in [5.41, 5.74) is 6.73. The van der Waals surface area contributed by atoms with Crippen molar-refractivity contribution in [2.45, 2.75) is 57.3 Å². The van der Waals surface area contributed by atoms with Gasteiger partial charge in [-0.15, -0.1) is 24.0 Å². The van der Waals surface area contributed by atoms with Crippen LogP contribution in [-0.2, 0) is 6.54 Å². The van der Waals surface area contributed by atoms with Crippen LogP contribution in [0.2, 0.25) is 0 Å². The standard InChI is InChI=1S/C18H26F3N3O2.HI/c1-25-16-10-13(8-9-15(16)26-12-18(19,20)21)11-23-17(22)24-14-6-4-2-3-5-7-14;/h8-10,14H,2-7,11-12H2,1H3,(H3,22,23,24);1H. The summed E-state index contributed by atoms with van der Waals surface area (Å²) < 4.78 is 46.7. The predicted octanol–water partition coefficient (Wildman–Crippen LogP) is 4.38. The highest BCUT2D eigenvalue weighted by Gasteiger charge is 2.29. The molecule has 1 aliphatic carbocycles. The minimum atomic E-state index is -4.40. The number of aliphatic imine (C=N–C) groups is 1. The zero-order valence-corrected chi connectivity index (χ0v) is 17.7. The Morgan fingerprint density at radius 2 is 1.85 bits per heavy atom. The highest BCUT2D eigenvalue weighted by molar-refractivity contribution is 14.0. The molecule has 0 bridgehead atoms. The second-order valence-electron chi connectivity index (χ2n) is 6.42. The fourth-order valence-corrected chi connectivity index (χ4v) is 2.94. The summed E-state index contributed by atoms with van der Waals surface area (Å²) in [5, 5.41) is 3.25. The van der Waals surface area contributed by atoms with Gasteiger partial charge in [-0.25, -0.2) is 4.99 Å². The van der Waals surface area contributed by atoms with Gasteiger partial charge in [0.25, 0.3) is 0 Å². The van der Waals surface area contributed by atoms with Crippen molar-refractivity contribution in [1.82, 2.24) is 5.32 Å². The van der Waals surface area contributed by atoms with Gasteiger partial charge in [-0.2, -0.15) is 13.2 Å². The summed E-state index contributed by atoms with van der Waals surface area (Å²) >= 11 is 0. The molecule has 0 aliphatic heterocycles. The lowest BCUT2D eigenvalue weighted by atomic mass is 10.1. The third kappa shape index (κ3) is 8.89. The van der Waals surface area contributed by atoms with Crippen LogP contribution in [0.4, 0.5) is 13.2 Å². The van der Waals surface area contributed by atoms with Gasteiger partial charge in [-0.05, 0) is 30.5 Å². The number of methoxy groups -OCH3 is 1. The van der Waals surface area contributed by atoms with Crippen LogP contribution >= 0.6 is 24.0 Å². The van der Waals surface area contributed by atoms with E-state index in [1.54, 1.807) is 12.1 Å². The Hall–Kier alpha value is -1.39. The van der Waals surface area contributed by atoms with Gasteiger partial charge in [0.05, 0.1) is 13.7 Å². The average molecular weight is 501 g/mol. The van der Waals surface area contributed by atoms with Gasteiger partial charge in [0.15, 0.2) is 24.1 Å². The van der Waals surface area contributed by atoms with Crippen molar-refractivity contribution in [3.8, 4) is 11.5 Å². The molecule has 0 unspecified atom stereocenters. The van der Waals surface area contributed by atoms with Crippen molar-refractivity contribution in [1.29, 1.82) is 0 Å². The highest BCUT2D eigenvalue weighted by atomic mass is 127. The molecule has 1 aliphatic rings. The van der Waals surface area contributed by atoms with Gasteiger partial charge in [-0.1, -0.05) is 31.7 Å². The molecule has 1 aromatic carbocycles. The lowest BCUT2D eigenvalue weighted by Gasteiger charge is -2.17. The number of nitrogens with one attached hydrogen (secondary N) is 1. The second kappa shape index (κ2) is 11.5. The maximum atomic E-state index is 12.3. The Morgan fingerprint density at radius 3 is 2.44 bits per heavy atom. The zero-order chi connectivity index (χ0) is 19.0. The number of halogens is 4. The Bertz CT molecular complexity index is 604. The van der Waals surface area contributed by atoms with Crippen LogP contribution in [0, 0.1) is 0 Å². The summed E-state index contributed by atoms with van der Waals surface area (Å²) in [4.78, 5) is 4.32. The van der Waals surface area contributed by atoms with Gasteiger partial charge >= 0.3 is 6.18 Å². The molecule has 2 rings (SSSR count). The number of nitrogens with two attached hydrogens (primary N) is 1. The summed E-state index contributed by atoms with van der Waals surface area (Å²) in [6.45, 7) is -1.05. The first-order valence-electron chi connectivity index (χ1n) is 8.80. The number of hydrogen-bond acceptors (Lipinski definition) is 3. The minimum Gasteiger partial charge on any atom is -0.493 e. The van der Waals surface area contributed by atoms with Gasteiger partial charge in [0, 0.05) is 6.04 Å².